The summed E-state index contributed by atoms with van der Waals surface area (Å²) in [6.07, 6.45) is 10.1. The first kappa shape index (κ1) is 25.2. The summed E-state index contributed by atoms with van der Waals surface area (Å²) >= 11 is 0. The van der Waals surface area contributed by atoms with Crippen LogP contribution in [0.3, 0.4) is 0 Å². The van der Waals surface area contributed by atoms with Crippen molar-refractivity contribution in [2.45, 2.75) is 82.8 Å². The summed E-state index contributed by atoms with van der Waals surface area (Å²) in [6, 6.07) is 15.5. The molecule has 0 saturated heterocycles. The van der Waals surface area contributed by atoms with E-state index in [0.29, 0.717) is 13.0 Å². The van der Waals surface area contributed by atoms with Gasteiger partial charge >= 0.3 is 0 Å². The lowest BCUT2D eigenvalue weighted by molar-refractivity contribution is -0.141. The number of carbonyl (C=O) groups is 2. The van der Waals surface area contributed by atoms with Gasteiger partial charge in [0.25, 0.3) is 0 Å². The van der Waals surface area contributed by atoms with Crippen LogP contribution in [0.2, 0.25) is 0 Å². The van der Waals surface area contributed by atoms with Crippen LogP contribution >= 0.6 is 0 Å². The van der Waals surface area contributed by atoms with Crippen LogP contribution in [0.4, 0.5) is 5.69 Å². The summed E-state index contributed by atoms with van der Waals surface area (Å²) in [5, 5.41) is 2.97. The number of amides is 2. The molecule has 2 unspecified atom stereocenters. The number of carbonyl (C=O) groups excluding carboxylic acids is 2. The second-order valence-electron chi connectivity index (χ2n) is 10.1. The number of nitrogens with one attached hydrogen (secondary N) is 1. The fourth-order valence-corrected chi connectivity index (χ4v) is 5.49. The van der Waals surface area contributed by atoms with E-state index in [9.17, 15) is 9.59 Å². The highest BCUT2D eigenvalue weighted by Crippen LogP contribution is 2.30. The first-order valence-corrected chi connectivity index (χ1v) is 13.1. The molecule has 2 aromatic rings. The van der Waals surface area contributed by atoms with Gasteiger partial charge in [-0.15, -0.1) is 0 Å². The number of nitrogens with two attached hydrogens (primary N) is 1. The van der Waals surface area contributed by atoms with Gasteiger partial charge < -0.3 is 20.7 Å². The number of ether oxygens (including phenoxy) is 1. The van der Waals surface area contributed by atoms with Gasteiger partial charge in [0.15, 0.2) is 0 Å². The van der Waals surface area contributed by atoms with Gasteiger partial charge in [-0.25, -0.2) is 0 Å². The molecular weight excluding hydrogens is 438 g/mol. The topological polar surface area (TPSA) is 84.7 Å². The molecule has 4 rings (SSSR count). The van der Waals surface area contributed by atoms with E-state index in [2.05, 4.69) is 10.2 Å². The number of anilines is 1. The van der Waals surface area contributed by atoms with Crippen molar-refractivity contribution >= 4 is 17.5 Å². The molecule has 0 bridgehead atoms. The van der Waals surface area contributed by atoms with Crippen LogP contribution in [-0.4, -0.2) is 35.9 Å². The number of nitrogens with zero attached hydrogens (tertiary/aromatic N) is 1. The minimum Gasteiger partial charge on any atom is -0.497 e. The van der Waals surface area contributed by atoms with Gasteiger partial charge in [-0.3, -0.25) is 9.59 Å². The average Bonchev–Trinajstić information content (AvgIpc) is 2.89. The highest BCUT2D eigenvalue weighted by atomic mass is 16.5. The van der Waals surface area contributed by atoms with Crippen molar-refractivity contribution in [1.29, 1.82) is 0 Å². The molecule has 0 aromatic heterocycles. The van der Waals surface area contributed by atoms with E-state index in [1.165, 1.54) is 6.42 Å². The molecule has 0 heterocycles. The third kappa shape index (κ3) is 6.85. The van der Waals surface area contributed by atoms with Crippen molar-refractivity contribution in [3.63, 3.8) is 0 Å². The Morgan fingerprint density at radius 3 is 2.17 bits per heavy atom. The molecule has 0 aliphatic heterocycles. The van der Waals surface area contributed by atoms with Crippen molar-refractivity contribution in [3.8, 4) is 5.75 Å². The van der Waals surface area contributed by atoms with Crippen molar-refractivity contribution in [2.24, 2.45) is 11.7 Å². The lowest BCUT2D eigenvalue weighted by atomic mass is 9.85. The Bertz CT molecular complexity index is 968. The van der Waals surface area contributed by atoms with Crippen LogP contribution in [0.25, 0.3) is 0 Å². The van der Waals surface area contributed by atoms with Crippen LogP contribution in [-0.2, 0) is 22.6 Å². The molecule has 6 nitrogen and oxygen atoms in total. The van der Waals surface area contributed by atoms with E-state index in [1.807, 2.05) is 48.5 Å². The van der Waals surface area contributed by atoms with Crippen molar-refractivity contribution in [2.75, 3.05) is 12.4 Å². The second-order valence-corrected chi connectivity index (χ2v) is 10.1. The van der Waals surface area contributed by atoms with E-state index in [4.69, 9.17) is 10.5 Å². The number of hydrogen-bond donors (Lipinski definition) is 2. The Hall–Kier alpha value is -2.86. The monoisotopic (exact) mass is 477 g/mol. The first-order chi connectivity index (χ1) is 17.0. The summed E-state index contributed by atoms with van der Waals surface area (Å²) in [5.74, 6) is 1.12. The zero-order valence-corrected chi connectivity index (χ0v) is 20.9. The largest absolute Gasteiger partial charge is 0.497 e. The molecule has 2 saturated carbocycles. The molecule has 0 spiro atoms. The zero-order chi connectivity index (χ0) is 24.6. The smallest absolute Gasteiger partial charge is 0.228 e. The molecule has 2 amide bonds. The van der Waals surface area contributed by atoms with Gasteiger partial charge in [-0.1, -0.05) is 56.4 Å². The van der Waals surface area contributed by atoms with Gasteiger partial charge in [0.2, 0.25) is 11.8 Å². The number of benzene rings is 2. The van der Waals surface area contributed by atoms with Crippen molar-refractivity contribution in [3.05, 3.63) is 59.7 Å². The van der Waals surface area contributed by atoms with Gasteiger partial charge in [-0.2, -0.15) is 0 Å². The SMILES string of the molecule is COc1ccc(CC(=O)Nc2ccc(CN(C(=O)C3CCCCC3)C3CCCCC3N)cc2)cc1. The molecule has 2 aromatic carbocycles. The molecule has 6 heteroatoms. The van der Waals surface area contributed by atoms with E-state index in [0.717, 1.165) is 73.9 Å². The number of hydrogen-bond acceptors (Lipinski definition) is 4. The summed E-state index contributed by atoms with van der Waals surface area (Å²) < 4.78 is 5.17. The molecule has 35 heavy (non-hydrogen) atoms. The Labute approximate surface area is 209 Å². The second kappa shape index (κ2) is 12.2. The normalized spacial score (nSPS) is 20.7. The molecule has 3 N–H and O–H groups in total. The minimum absolute atomic E-state index is 0.0489. The fourth-order valence-electron chi connectivity index (χ4n) is 5.49. The summed E-state index contributed by atoms with van der Waals surface area (Å²) in [5.41, 5.74) is 9.27. The lowest BCUT2D eigenvalue weighted by Crippen LogP contribution is -2.53. The van der Waals surface area contributed by atoms with E-state index < -0.39 is 0 Å². The standard InChI is InChI=1S/C29H39N3O3/c1-35-25-17-13-21(14-18-25)19-28(33)31-24-15-11-22(12-16-24)20-32(27-10-6-5-9-26(27)30)29(34)23-7-3-2-4-8-23/h11-18,23,26-27H,2-10,19-20,30H2,1H3,(H,31,33). The third-order valence-corrected chi connectivity index (χ3v) is 7.53. The highest BCUT2D eigenvalue weighted by Gasteiger charge is 2.34. The van der Waals surface area contributed by atoms with Crippen LogP contribution in [0.5, 0.6) is 5.75 Å². The van der Waals surface area contributed by atoms with E-state index in [1.54, 1.807) is 7.11 Å². The Morgan fingerprint density at radius 1 is 0.886 bits per heavy atom. The van der Waals surface area contributed by atoms with E-state index in [-0.39, 0.29) is 29.8 Å². The molecule has 2 atom stereocenters. The Balaban J connectivity index is 1.39. The maximum absolute atomic E-state index is 13.6. The zero-order valence-electron chi connectivity index (χ0n) is 20.9. The number of rotatable bonds is 8. The van der Waals surface area contributed by atoms with Crippen LogP contribution < -0.4 is 15.8 Å². The predicted octanol–water partition coefficient (Wildman–Crippen LogP) is 5.06. The van der Waals surface area contributed by atoms with Crippen LogP contribution in [0, 0.1) is 5.92 Å². The maximum Gasteiger partial charge on any atom is 0.228 e. The minimum atomic E-state index is -0.0646. The summed E-state index contributed by atoms with van der Waals surface area (Å²) in [6.45, 7) is 0.577. The lowest BCUT2D eigenvalue weighted by Gasteiger charge is -2.40. The van der Waals surface area contributed by atoms with Crippen molar-refractivity contribution in [1.82, 2.24) is 4.90 Å². The van der Waals surface area contributed by atoms with Gasteiger partial charge in [0, 0.05) is 30.2 Å². The Kier molecular flexibility index (Phi) is 8.80. The molecular formula is C29H39N3O3. The molecule has 188 valence electrons. The molecule has 2 fully saturated rings. The predicted molar refractivity (Wildman–Crippen MR) is 139 cm³/mol. The van der Waals surface area contributed by atoms with Crippen LogP contribution in [0.15, 0.2) is 48.5 Å². The van der Waals surface area contributed by atoms with Gasteiger partial charge in [0.05, 0.1) is 13.5 Å². The average molecular weight is 478 g/mol. The first-order valence-electron chi connectivity index (χ1n) is 13.1. The van der Waals surface area contributed by atoms with Crippen LogP contribution in [0.1, 0.15) is 68.9 Å². The quantitative estimate of drug-likeness (QED) is 0.557. The third-order valence-electron chi connectivity index (χ3n) is 7.53. The van der Waals surface area contributed by atoms with E-state index >= 15 is 0 Å². The molecule has 2 aliphatic carbocycles. The summed E-state index contributed by atoms with van der Waals surface area (Å²) in [7, 11) is 1.63. The van der Waals surface area contributed by atoms with Gasteiger partial charge in [0.1, 0.15) is 5.75 Å². The molecule has 2 aliphatic rings. The highest BCUT2D eigenvalue weighted by molar-refractivity contribution is 5.92. The Morgan fingerprint density at radius 2 is 1.51 bits per heavy atom. The summed E-state index contributed by atoms with van der Waals surface area (Å²) in [4.78, 5) is 28.2. The maximum atomic E-state index is 13.6. The fraction of sp³-hybridized carbons (Fsp3) is 0.517. The number of methoxy groups -OCH3 is 1. The molecule has 0 radical (unpaired) electrons. The van der Waals surface area contributed by atoms with Crippen molar-refractivity contribution < 1.29 is 14.3 Å². The van der Waals surface area contributed by atoms with Gasteiger partial charge in [-0.05, 0) is 61.1 Å².